The van der Waals surface area contributed by atoms with Gasteiger partial charge in [0.15, 0.2) is 0 Å². The molecule has 23 heteroatoms. The van der Waals surface area contributed by atoms with Crippen LogP contribution in [-0.4, -0.2) is 18.3 Å². The van der Waals surface area contributed by atoms with Gasteiger partial charge in [-0.05, 0) is 0 Å². The number of hydrogen-bond donors (Lipinski definition) is 0. The minimum Gasteiger partial charge on any atom is -0.822 e. The zero-order valence-electron chi connectivity index (χ0n) is 11.1. The molecule has 23 heavy (non-hydrogen) atoms. The molecule has 0 heterocycles. The molecule has 0 unspecified atom stereocenters. The van der Waals surface area contributed by atoms with Crippen LogP contribution >= 0.6 is 15.6 Å². The summed E-state index contributed by atoms with van der Waals surface area (Å²) in [6.07, 6.45) is 0. The first-order chi connectivity index (χ1) is 7.46. The molecule has 0 spiro atoms. The number of rotatable bonds is 0. The standard InChI is InChI=1S/2H3O4P.2O3Si.5Zn/c2*1-5(2,3)4;2*1-4(2)3;;;;;/h2*(H3,1,2,3,4);;;;;;;/q;;2*-2;5*+2/p-6. The molecule has 0 aromatic heterocycles. The Balaban J connectivity index is -0.0000000152. The topological polar surface area (TPSA) is 299 Å². The molecule has 0 fully saturated rings. The Morgan fingerprint density at radius 1 is 0.478 bits per heavy atom. The Hall–Kier alpha value is 2.57. The van der Waals surface area contributed by atoms with Crippen LogP contribution in [0.4, 0.5) is 0 Å². The second-order valence-electron chi connectivity index (χ2n) is 1.39. The van der Waals surface area contributed by atoms with Crippen molar-refractivity contribution in [1.82, 2.24) is 0 Å². The van der Waals surface area contributed by atoms with Gasteiger partial charge in [-0.15, -0.1) is 0 Å². The third kappa shape index (κ3) is 1890. The van der Waals surface area contributed by atoms with Gasteiger partial charge in [0.25, 0.3) is 0 Å². The zero-order chi connectivity index (χ0) is 16.2. The molecule has 0 atom stereocenters. The van der Waals surface area contributed by atoms with Crippen LogP contribution in [0.15, 0.2) is 0 Å². The molecule has 0 aliphatic rings. The van der Waals surface area contributed by atoms with E-state index in [2.05, 4.69) is 0 Å². The molecule has 0 radical (unpaired) electrons. The van der Waals surface area contributed by atoms with E-state index in [1.54, 1.807) is 0 Å². The van der Waals surface area contributed by atoms with Gasteiger partial charge in [-0.3, -0.25) is 0 Å². The molecule has 0 rings (SSSR count). The van der Waals surface area contributed by atoms with Crippen LogP contribution in [0, 0.1) is 0 Å². The third-order valence-electron chi connectivity index (χ3n) is 0. The SMILES string of the molecule is O=P([O-])([O-])[O-].O=P([O-])([O-])[O-].O=[Si]([O-])[O-].O=[Si]([O-])[O-].[Zn+2].[Zn+2].[Zn+2].[Zn+2].[Zn+2]. The summed E-state index contributed by atoms with van der Waals surface area (Å²) in [5.74, 6) is 0. The normalized spacial score (nSPS) is 7.22. The average Bonchev–Trinajstić information content (AvgIpc) is 1.70. The van der Waals surface area contributed by atoms with E-state index in [9.17, 15) is 0 Å². The predicted octanol–water partition coefficient (Wildman–Crippen LogP) is -11.4. The maximum Gasteiger partial charge on any atom is 2.00 e. The summed E-state index contributed by atoms with van der Waals surface area (Å²) in [6, 6.07) is 0. The largest absolute Gasteiger partial charge is 2.00 e. The quantitative estimate of drug-likeness (QED) is 0.171. The molecule has 0 bridgehead atoms. The molecular formula is O14P2Si2Zn5. The summed E-state index contributed by atoms with van der Waals surface area (Å²) in [7, 11) is -18.0. The van der Waals surface area contributed by atoms with E-state index in [4.69, 9.17) is 66.6 Å². The van der Waals surface area contributed by atoms with E-state index >= 15 is 0 Å². The van der Waals surface area contributed by atoms with Gasteiger partial charge in [-0.2, -0.15) is 15.6 Å². The summed E-state index contributed by atoms with van der Waals surface area (Å²) in [5, 5.41) is 0. The third-order valence-corrected chi connectivity index (χ3v) is 0. The van der Waals surface area contributed by atoms with Crippen molar-refractivity contribution in [2.45, 2.75) is 0 Å². The van der Waals surface area contributed by atoms with E-state index in [1.807, 2.05) is 0 Å². The van der Waals surface area contributed by atoms with E-state index < -0.39 is 34.0 Å². The van der Waals surface area contributed by atoms with Gasteiger partial charge >= 0.3 is 97.4 Å². The molecule has 0 saturated heterocycles. The van der Waals surface area contributed by atoms with Gasteiger partial charge in [-0.1, -0.05) is 0 Å². The van der Waals surface area contributed by atoms with E-state index in [0.29, 0.717) is 0 Å². The van der Waals surface area contributed by atoms with Crippen molar-refractivity contribution < 1.29 is 164 Å². The minimum absolute atomic E-state index is 0. The van der Waals surface area contributed by atoms with Gasteiger partial charge in [0.2, 0.25) is 0 Å². The number of phosphoric acid groups is 2. The monoisotopic (exact) mass is 661 g/mol. The minimum atomic E-state index is -5.39. The molecule has 0 aliphatic heterocycles. The fraction of sp³-hybridized carbons (Fsp3) is 0. The Morgan fingerprint density at radius 2 is 0.478 bits per heavy atom. The maximum atomic E-state index is 8.55. The first-order valence-corrected chi connectivity index (χ1v) is 8.06. The fourth-order valence-corrected chi connectivity index (χ4v) is 0. The zero-order valence-corrected chi connectivity index (χ0v) is 29.8. The Kier molecular flexibility index (Phi) is 78.9. The van der Waals surface area contributed by atoms with Crippen molar-refractivity contribution in [2.75, 3.05) is 0 Å². The summed E-state index contributed by atoms with van der Waals surface area (Å²) in [4.78, 5) is 85.4. The molecule has 0 N–H and O–H groups in total. The maximum absolute atomic E-state index is 8.55. The smallest absolute Gasteiger partial charge is 0.822 e. The Labute approximate surface area is 196 Å². The Morgan fingerprint density at radius 3 is 0.478 bits per heavy atom. The van der Waals surface area contributed by atoms with Crippen molar-refractivity contribution in [2.24, 2.45) is 0 Å². The first kappa shape index (κ1) is 56.2. The van der Waals surface area contributed by atoms with Crippen molar-refractivity contribution in [3.63, 3.8) is 0 Å². The molecule has 0 aromatic carbocycles. The average molecular weight is 669 g/mol. The number of hydrogen-bond acceptors (Lipinski definition) is 14. The van der Waals surface area contributed by atoms with Crippen LogP contribution in [-0.2, 0) is 115 Å². The second kappa shape index (κ2) is 32.3. The fourth-order valence-electron chi connectivity index (χ4n) is 0. The summed E-state index contributed by atoms with van der Waals surface area (Å²) in [5.41, 5.74) is 0. The van der Waals surface area contributed by atoms with Crippen molar-refractivity contribution in [3.8, 4) is 0 Å². The molecule has 0 aliphatic carbocycles. The van der Waals surface area contributed by atoms with Crippen LogP contribution in [0.25, 0.3) is 0 Å². The molecule has 14 nitrogen and oxygen atoms in total. The predicted molar refractivity (Wildman–Crippen MR) is 28.1 cm³/mol. The van der Waals surface area contributed by atoms with Crippen LogP contribution in [0.2, 0.25) is 0 Å². The van der Waals surface area contributed by atoms with Gasteiger partial charge in [0.05, 0.1) is 0 Å². The molecular weight excluding hydrogens is 669 g/mol. The van der Waals surface area contributed by atoms with Crippen molar-refractivity contribution in [3.05, 3.63) is 0 Å². The molecule has 0 amide bonds. The summed E-state index contributed by atoms with van der Waals surface area (Å²) in [6.45, 7) is 0. The van der Waals surface area contributed by atoms with Crippen LogP contribution in [0.3, 0.4) is 0 Å². The van der Waals surface area contributed by atoms with Crippen molar-refractivity contribution in [1.29, 1.82) is 0 Å². The van der Waals surface area contributed by atoms with Gasteiger partial charge < -0.3 is 66.6 Å². The van der Waals surface area contributed by atoms with Crippen LogP contribution < -0.4 is 48.5 Å². The van der Waals surface area contributed by atoms with Gasteiger partial charge in [0.1, 0.15) is 0 Å². The van der Waals surface area contributed by atoms with Crippen LogP contribution in [0.1, 0.15) is 0 Å². The second-order valence-corrected chi connectivity index (χ2v) is 4.18. The van der Waals surface area contributed by atoms with Gasteiger partial charge in [-0.25, -0.2) is 0 Å². The van der Waals surface area contributed by atoms with E-state index in [-0.39, 0.29) is 97.4 Å². The van der Waals surface area contributed by atoms with E-state index in [0.717, 1.165) is 0 Å². The van der Waals surface area contributed by atoms with Crippen molar-refractivity contribution >= 4 is 34.0 Å². The van der Waals surface area contributed by atoms with E-state index in [1.165, 1.54) is 0 Å². The van der Waals surface area contributed by atoms with Crippen LogP contribution in [0.5, 0.6) is 0 Å². The first-order valence-electron chi connectivity index (χ1n) is 2.69. The molecule has 0 saturated carbocycles. The van der Waals surface area contributed by atoms with Gasteiger partial charge in [0, 0.05) is 18.3 Å². The Bertz CT molecular complexity index is 267. The summed E-state index contributed by atoms with van der Waals surface area (Å²) >= 11 is 0. The molecule has 112 valence electrons. The summed E-state index contributed by atoms with van der Waals surface area (Å²) < 4.78 is 34.1. The molecule has 0 aromatic rings.